The molecule has 132 valence electrons. The van der Waals surface area contributed by atoms with Crippen molar-refractivity contribution in [3.8, 4) is 17.2 Å². The van der Waals surface area contributed by atoms with E-state index in [0.717, 1.165) is 0 Å². The molecule has 0 unspecified atom stereocenters. The molecule has 2 aromatic rings. The first-order valence-corrected chi connectivity index (χ1v) is 7.82. The number of phenolic OH excluding ortho intramolecular Hbond substituents is 3. The summed E-state index contributed by atoms with van der Waals surface area (Å²) in [6, 6.07) is 9.46. The van der Waals surface area contributed by atoms with Gasteiger partial charge in [-0.3, -0.25) is 4.79 Å². The van der Waals surface area contributed by atoms with Gasteiger partial charge in [-0.25, -0.2) is 5.43 Å². The van der Waals surface area contributed by atoms with E-state index in [1.165, 1.54) is 18.2 Å². The van der Waals surface area contributed by atoms with E-state index < -0.39 is 0 Å². The van der Waals surface area contributed by atoms with Crippen LogP contribution in [0.5, 0.6) is 17.2 Å². The summed E-state index contributed by atoms with van der Waals surface area (Å²) in [4.78, 5) is 11.9. The van der Waals surface area contributed by atoms with Crippen LogP contribution in [0.15, 0.2) is 41.5 Å². The zero-order valence-electron chi connectivity index (χ0n) is 14.1. The molecule has 0 saturated carbocycles. The molecule has 7 heteroatoms. The van der Waals surface area contributed by atoms with Crippen LogP contribution in [0.4, 0.5) is 5.69 Å². The molecule has 0 fully saturated rings. The van der Waals surface area contributed by atoms with E-state index >= 15 is 0 Å². The first-order valence-electron chi connectivity index (χ1n) is 7.82. The van der Waals surface area contributed by atoms with Gasteiger partial charge in [-0.2, -0.15) is 5.10 Å². The Morgan fingerprint density at radius 3 is 2.60 bits per heavy atom. The first-order chi connectivity index (χ1) is 11.9. The number of hydrazone groups is 1. The number of benzene rings is 2. The number of carbonyl (C=O) groups excluding carboxylic acids is 1. The van der Waals surface area contributed by atoms with E-state index in [1.54, 1.807) is 25.1 Å². The van der Waals surface area contributed by atoms with Crippen LogP contribution in [0.2, 0.25) is 0 Å². The summed E-state index contributed by atoms with van der Waals surface area (Å²) in [6.45, 7) is 3.42. The van der Waals surface area contributed by atoms with Crippen molar-refractivity contribution < 1.29 is 20.1 Å². The third-order valence-corrected chi connectivity index (χ3v) is 3.66. The summed E-state index contributed by atoms with van der Waals surface area (Å²) >= 11 is 0. The van der Waals surface area contributed by atoms with Gasteiger partial charge in [-0.05, 0) is 37.6 Å². The van der Waals surface area contributed by atoms with Crippen LogP contribution in [0.3, 0.4) is 0 Å². The van der Waals surface area contributed by atoms with Crippen molar-refractivity contribution in [2.45, 2.75) is 20.3 Å². The van der Waals surface area contributed by atoms with Gasteiger partial charge in [-0.15, -0.1) is 0 Å². The van der Waals surface area contributed by atoms with Crippen molar-refractivity contribution in [2.75, 3.05) is 11.9 Å². The van der Waals surface area contributed by atoms with Crippen molar-refractivity contribution in [1.29, 1.82) is 0 Å². The number of nitrogens with one attached hydrogen (secondary N) is 2. The zero-order valence-corrected chi connectivity index (χ0v) is 14.1. The fourth-order valence-electron chi connectivity index (χ4n) is 2.22. The lowest BCUT2D eigenvalue weighted by Crippen LogP contribution is -2.27. The molecule has 2 rings (SSSR count). The number of amides is 1. The highest BCUT2D eigenvalue weighted by Gasteiger charge is 2.13. The summed E-state index contributed by atoms with van der Waals surface area (Å²) in [5.41, 5.74) is 4.35. The van der Waals surface area contributed by atoms with Crippen molar-refractivity contribution >= 4 is 17.3 Å². The number of hydrogen-bond acceptors (Lipinski definition) is 6. The summed E-state index contributed by atoms with van der Waals surface area (Å²) < 4.78 is 0. The second-order valence-corrected chi connectivity index (χ2v) is 5.46. The van der Waals surface area contributed by atoms with E-state index in [4.69, 9.17) is 0 Å². The Balaban J connectivity index is 2.03. The molecule has 5 N–H and O–H groups in total. The van der Waals surface area contributed by atoms with Crippen LogP contribution in [0.1, 0.15) is 24.5 Å². The summed E-state index contributed by atoms with van der Waals surface area (Å²) in [5.74, 6) is -0.331. The largest absolute Gasteiger partial charge is 0.508 e. The van der Waals surface area contributed by atoms with Crippen molar-refractivity contribution in [3.63, 3.8) is 0 Å². The third-order valence-electron chi connectivity index (χ3n) is 3.66. The number of anilines is 1. The Labute approximate surface area is 145 Å². The molecule has 2 aromatic carbocycles. The van der Waals surface area contributed by atoms with Crippen LogP contribution in [0.25, 0.3) is 0 Å². The van der Waals surface area contributed by atoms with Crippen LogP contribution in [-0.2, 0) is 4.79 Å². The normalized spacial score (nSPS) is 11.2. The van der Waals surface area contributed by atoms with Gasteiger partial charge in [0.05, 0.1) is 12.3 Å². The molecule has 0 saturated heterocycles. The fourth-order valence-corrected chi connectivity index (χ4v) is 2.22. The van der Waals surface area contributed by atoms with Gasteiger partial charge in [0, 0.05) is 22.9 Å². The highest BCUT2D eigenvalue weighted by molar-refractivity contribution is 6.03. The van der Waals surface area contributed by atoms with Gasteiger partial charge >= 0.3 is 0 Å². The highest BCUT2D eigenvalue weighted by atomic mass is 16.3. The minimum Gasteiger partial charge on any atom is -0.508 e. The van der Waals surface area contributed by atoms with Crippen LogP contribution in [-0.4, -0.2) is 33.5 Å². The Hall–Kier alpha value is -3.22. The number of carbonyl (C=O) groups is 1. The summed E-state index contributed by atoms with van der Waals surface area (Å²) in [6.07, 6.45) is 0.484. The summed E-state index contributed by atoms with van der Waals surface area (Å²) in [5, 5.41) is 36.0. The number of nitrogens with zero attached hydrogens (tertiary/aromatic N) is 1. The maximum atomic E-state index is 11.9. The van der Waals surface area contributed by atoms with E-state index in [2.05, 4.69) is 15.8 Å². The summed E-state index contributed by atoms with van der Waals surface area (Å²) in [7, 11) is 0. The smallest absolute Gasteiger partial charge is 0.259 e. The molecule has 0 aromatic heterocycles. The minimum atomic E-state index is -0.371. The predicted molar refractivity (Wildman–Crippen MR) is 96.1 cm³/mol. The molecule has 0 radical (unpaired) electrons. The van der Waals surface area contributed by atoms with E-state index in [9.17, 15) is 20.1 Å². The van der Waals surface area contributed by atoms with Gasteiger partial charge in [0.1, 0.15) is 17.2 Å². The Morgan fingerprint density at radius 2 is 1.92 bits per heavy atom. The molecule has 7 nitrogen and oxygen atoms in total. The molecule has 0 bridgehead atoms. The maximum Gasteiger partial charge on any atom is 0.259 e. The van der Waals surface area contributed by atoms with Gasteiger partial charge in [-0.1, -0.05) is 13.0 Å². The van der Waals surface area contributed by atoms with Crippen molar-refractivity contribution in [1.82, 2.24) is 5.43 Å². The molecule has 0 aliphatic carbocycles. The van der Waals surface area contributed by atoms with Crippen LogP contribution in [0, 0.1) is 6.92 Å². The number of phenols is 3. The minimum absolute atomic E-state index is 0.00366. The quantitative estimate of drug-likeness (QED) is 0.408. The zero-order chi connectivity index (χ0) is 18.4. The second-order valence-electron chi connectivity index (χ2n) is 5.46. The Kier molecular flexibility index (Phi) is 5.84. The molecule has 0 spiro atoms. The first kappa shape index (κ1) is 18.1. The third kappa shape index (κ3) is 4.63. The molecular formula is C18H21N3O4. The van der Waals surface area contributed by atoms with Gasteiger partial charge in [0.25, 0.3) is 5.91 Å². The molecule has 0 aliphatic rings. The Bertz CT molecular complexity index is 803. The maximum absolute atomic E-state index is 11.9. The van der Waals surface area contributed by atoms with Crippen LogP contribution < -0.4 is 10.7 Å². The lowest BCUT2D eigenvalue weighted by atomic mass is 10.0. The van der Waals surface area contributed by atoms with Gasteiger partial charge < -0.3 is 20.6 Å². The number of hydrogen-bond donors (Lipinski definition) is 5. The highest BCUT2D eigenvalue weighted by Crippen LogP contribution is 2.30. The standard InChI is InChI=1S/C18H21N3O4/c1-3-15(14-7-8-16(23)11(2)18(14)25)20-21-17(24)10-19-12-5-4-6-13(22)9-12/h4-9,19,22-23,25H,3,10H2,1-2H3,(H,21,24)/b20-15+. The molecular weight excluding hydrogens is 322 g/mol. The molecule has 0 heterocycles. The predicted octanol–water partition coefficient (Wildman–Crippen LogP) is 2.45. The van der Waals surface area contributed by atoms with Crippen LogP contribution >= 0.6 is 0 Å². The molecule has 0 aliphatic heterocycles. The monoisotopic (exact) mass is 343 g/mol. The van der Waals surface area contributed by atoms with E-state index in [1.807, 2.05) is 6.92 Å². The SMILES string of the molecule is CC/C(=N\NC(=O)CNc1cccc(O)c1)c1ccc(O)c(C)c1O. The molecule has 1 amide bonds. The molecule has 25 heavy (non-hydrogen) atoms. The number of rotatable bonds is 6. The van der Waals surface area contributed by atoms with Crippen molar-refractivity contribution in [2.24, 2.45) is 5.10 Å². The lowest BCUT2D eigenvalue weighted by molar-refractivity contribution is -0.119. The molecule has 0 atom stereocenters. The average Bonchev–Trinajstić information content (AvgIpc) is 2.60. The average molecular weight is 343 g/mol. The lowest BCUT2D eigenvalue weighted by Gasteiger charge is -2.11. The van der Waals surface area contributed by atoms with Gasteiger partial charge in [0.2, 0.25) is 0 Å². The number of aromatic hydroxyl groups is 3. The fraction of sp³-hybridized carbons (Fsp3) is 0.222. The second kappa shape index (κ2) is 8.05. The Morgan fingerprint density at radius 1 is 1.16 bits per heavy atom. The van der Waals surface area contributed by atoms with Crippen molar-refractivity contribution in [3.05, 3.63) is 47.5 Å². The van der Waals surface area contributed by atoms with Gasteiger partial charge in [0.15, 0.2) is 0 Å². The van der Waals surface area contributed by atoms with E-state index in [-0.39, 0.29) is 29.7 Å². The topological polar surface area (TPSA) is 114 Å². The van der Waals surface area contributed by atoms with E-state index in [0.29, 0.717) is 28.9 Å².